The second-order valence-corrected chi connectivity index (χ2v) is 7.59. The average molecular weight is 530 g/mol. The van der Waals surface area contributed by atoms with Crippen molar-refractivity contribution in [3.05, 3.63) is 23.3 Å². The Hall–Kier alpha value is -1.71. The number of amides is 1. The molecule has 2 N–H and O–H groups in total. The second kappa shape index (κ2) is 12.2. The third-order valence-corrected chi connectivity index (χ3v) is 5.20. The van der Waals surface area contributed by atoms with Gasteiger partial charge < -0.3 is 25.0 Å². The van der Waals surface area contributed by atoms with Crippen molar-refractivity contribution in [3.8, 4) is 11.5 Å². The number of rotatable bonds is 9. The number of nitrogens with one attached hydrogen (secondary N) is 2. The number of carbonyl (C=O) groups excluding carboxylic acids is 1. The molecule has 3 rings (SSSR count). The van der Waals surface area contributed by atoms with Gasteiger partial charge in [-0.15, -0.1) is 24.0 Å². The average Bonchev–Trinajstić information content (AvgIpc) is 3.27. The highest BCUT2D eigenvalue weighted by Crippen LogP contribution is 2.35. The molecule has 8 heteroatoms. The van der Waals surface area contributed by atoms with Crippen molar-refractivity contribution < 1.29 is 14.3 Å². The van der Waals surface area contributed by atoms with E-state index in [0.717, 1.165) is 68.5 Å². The summed E-state index contributed by atoms with van der Waals surface area (Å²) in [7, 11) is 0. The van der Waals surface area contributed by atoms with Gasteiger partial charge in [0, 0.05) is 50.1 Å². The Morgan fingerprint density at radius 3 is 2.87 bits per heavy atom. The molecule has 2 aliphatic rings. The van der Waals surface area contributed by atoms with Gasteiger partial charge in [0.1, 0.15) is 17.6 Å². The van der Waals surface area contributed by atoms with Crippen molar-refractivity contribution >= 4 is 35.8 Å². The summed E-state index contributed by atoms with van der Waals surface area (Å²) in [5.74, 6) is 2.88. The first-order valence-electron chi connectivity index (χ1n) is 10.9. The van der Waals surface area contributed by atoms with Crippen LogP contribution in [0.1, 0.15) is 51.2 Å². The summed E-state index contributed by atoms with van der Waals surface area (Å²) in [6.45, 7) is 10.5. The Kier molecular flexibility index (Phi) is 10.0. The number of fused-ring (bicyclic) bond motifs is 1. The van der Waals surface area contributed by atoms with Crippen LogP contribution in [-0.2, 0) is 17.8 Å². The molecule has 0 bridgehead atoms. The number of guanidine groups is 1. The SMILES string of the molecule is CCNC(=NCc1cc2c(cc1OCC)CC(C)O2)NCCCN1CCCC1=O.I. The van der Waals surface area contributed by atoms with Gasteiger partial charge in [0.05, 0.1) is 13.2 Å². The van der Waals surface area contributed by atoms with E-state index in [1.165, 1.54) is 5.56 Å². The van der Waals surface area contributed by atoms with Gasteiger partial charge in [-0.2, -0.15) is 0 Å². The summed E-state index contributed by atoms with van der Waals surface area (Å²) in [6, 6.07) is 4.16. The van der Waals surface area contributed by atoms with Crippen LogP contribution < -0.4 is 20.1 Å². The van der Waals surface area contributed by atoms with Gasteiger partial charge in [-0.1, -0.05) is 0 Å². The van der Waals surface area contributed by atoms with Crippen molar-refractivity contribution in [2.75, 3.05) is 32.8 Å². The summed E-state index contributed by atoms with van der Waals surface area (Å²) in [6.07, 6.45) is 3.72. The number of hydrogen-bond donors (Lipinski definition) is 2. The monoisotopic (exact) mass is 530 g/mol. The highest BCUT2D eigenvalue weighted by molar-refractivity contribution is 14.0. The maximum absolute atomic E-state index is 11.7. The first-order chi connectivity index (χ1) is 14.1. The molecule has 0 aliphatic carbocycles. The minimum Gasteiger partial charge on any atom is -0.494 e. The molecular formula is C22H35IN4O3. The molecule has 1 saturated heterocycles. The molecule has 1 aromatic rings. The number of hydrogen-bond acceptors (Lipinski definition) is 4. The molecular weight excluding hydrogens is 495 g/mol. The van der Waals surface area contributed by atoms with Gasteiger partial charge in [-0.05, 0) is 45.7 Å². The van der Waals surface area contributed by atoms with Crippen molar-refractivity contribution in [2.24, 2.45) is 4.99 Å². The summed E-state index contributed by atoms with van der Waals surface area (Å²) in [4.78, 5) is 18.4. The second-order valence-electron chi connectivity index (χ2n) is 7.59. The van der Waals surface area contributed by atoms with Crippen molar-refractivity contribution in [2.45, 2.75) is 59.1 Å². The van der Waals surface area contributed by atoms with Crippen LogP contribution in [0.4, 0.5) is 0 Å². The molecule has 1 amide bonds. The quantitative estimate of drug-likeness (QED) is 0.222. The summed E-state index contributed by atoms with van der Waals surface area (Å²) in [5, 5.41) is 6.66. The fraction of sp³-hybridized carbons (Fsp3) is 0.636. The number of aliphatic imine (C=N–C) groups is 1. The Balaban J connectivity index is 0.00000320. The highest BCUT2D eigenvalue weighted by Gasteiger charge is 2.22. The van der Waals surface area contributed by atoms with E-state index in [0.29, 0.717) is 19.6 Å². The number of halogens is 1. The van der Waals surface area contributed by atoms with E-state index in [9.17, 15) is 4.79 Å². The van der Waals surface area contributed by atoms with Crippen molar-refractivity contribution in [1.29, 1.82) is 0 Å². The lowest BCUT2D eigenvalue weighted by Crippen LogP contribution is -2.39. The van der Waals surface area contributed by atoms with E-state index in [1.54, 1.807) is 0 Å². The minimum atomic E-state index is 0. The first-order valence-corrected chi connectivity index (χ1v) is 10.9. The standard InChI is InChI=1S/C22H34N4O3.HI/c1-4-23-22(24-9-7-11-26-10-6-8-21(26)27)25-15-18-14-20-17(12-16(3)29-20)13-19(18)28-5-2;/h13-14,16H,4-12,15H2,1-3H3,(H2,23,24,25);1H. The molecule has 30 heavy (non-hydrogen) atoms. The molecule has 2 aliphatic heterocycles. The minimum absolute atomic E-state index is 0. The number of nitrogens with zero attached hydrogens (tertiary/aromatic N) is 2. The zero-order valence-corrected chi connectivity index (χ0v) is 20.7. The van der Waals surface area contributed by atoms with Gasteiger partial charge in [0.15, 0.2) is 5.96 Å². The van der Waals surface area contributed by atoms with E-state index in [4.69, 9.17) is 14.5 Å². The molecule has 168 valence electrons. The van der Waals surface area contributed by atoms with Crippen LogP contribution >= 0.6 is 24.0 Å². The van der Waals surface area contributed by atoms with E-state index >= 15 is 0 Å². The van der Waals surface area contributed by atoms with Crippen LogP contribution in [0.25, 0.3) is 0 Å². The first kappa shape index (κ1) is 24.6. The predicted molar refractivity (Wildman–Crippen MR) is 130 cm³/mol. The molecule has 1 unspecified atom stereocenters. The fourth-order valence-corrected chi connectivity index (χ4v) is 3.82. The largest absolute Gasteiger partial charge is 0.494 e. The maximum atomic E-state index is 11.7. The molecule has 1 atom stereocenters. The summed E-state index contributed by atoms with van der Waals surface area (Å²) >= 11 is 0. The van der Waals surface area contributed by atoms with Gasteiger partial charge >= 0.3 is 0 Å². The lowest BCUT2D eigenvalue weighted by Gasteiger charge is -2.17. The van der Waals surface area contributed by atoms with Crippen LogP contribution in [0, 0.1) is 0 Å². The Morgan fingerprint density at radius 2 is 2.17 bits per heavy atom. The number of carbonyl (C=O) groups is 1. The topological polar surface area (TPSA) is 75.2 Å². The molecule has 1 fully saturated rings. The van der Waals surface area contributed by atoms with E-state index in [2.05, 4.69) is 36.6 Å². The van der Waals surface area contributed by atoms with E-state index in [1.807, 2.05) is 11.8 Å². The Morgan fingerprint density at radius 1 is 1.33 bits per heavy atom. The number of benzene rings is 1. The van der Waals surface area contributed by atoms with Crippen LogP contribution in [-0.4, -0.2) is 55.7 Å². The molecule has 0 radical (unpaired) electrons. The van der Waals surface area contributed by atoms with Crippen molar-refractivity contribution in [3.63, 3.8) is 0 Å². The Bertz CT molecular complexity index is 741. The smallest absolute Gasteiger partial charge is 0.222 e. The van der Waals surface area contributed by atoms with Crippen molar-refractivity contribution in [1.82, 2.24) is 15.5 Å². The normalized spacial score (nSPS) is 18.0. The zero-order chi connectivity index (χ0) is 20.6. The number of likely N-dealkylation sites (tertiary alicyclic amines) is 1. The fourth-order valence-electron chi connectivity index (χ4n) is 3.82. The lowest BCUT2D eigenvalue weighted by molar-refractivity contribution is -0.127. The highest BCUT2D eigenvalue weighted by atomic mass is 127. The molecule has 1 aromatic carbocycles. The summed E-state index contributed by atoms with van der Waals surface area (Å²) in [5.41, 5.74) is 2.23. The molecule has 2 heterocycles. The predicted octanol–water partition coefficient (Wildman–Crippen LogP) is 3.09. The Labute approximate surface area is 197 Å². The molecule has 7 nitrogen and oxygen atoms in total. The van der Waals surface area contributed by atoms with Gasteiger partial charge in [-0.25, -0.2) is 4.99 Å². The van der Waals surface area contributed by atoms with Gasteiger partial charge in [0.25, 0.3) is 0 Å². The molecule has 0 aromatic heterocycles. The van der Waals surface area contributed by atoms with Crippen LogP contribution in [0.5, 0.6) is 11.5 Å². The van der Waals surface area contributed by atoms with Gasteiger partial charge in [0.2, 0.25) is 5.91 Å². The molecule has 0 spiro atoms. The summed E-state index contributed by atoms with van der Waals surface area (Å²) < 4.78 is 11.8. The third kappa shape index (κ3) is 6.65. The van der Waals surface area contributed by atoms with Gasteiger partial charge in [-0.3, -0.25) is 4.79 Å². The zero-order valence-electron chi connectivity index (χ0n) is 18.3. The van der Waals surface area contributed by atoms with E-state index in [-0.39, 0.29) is 36.0 Å². The molecule has 0 saturated carbocycles. The van der Waals surface area contributed by atoms with Crippen LogP contribution in [0.2, 0.25) is 0 Å². The lowest BCUT2D eigenvalue weighted by atomic mass is 10.1. The third-order valence-electron chi connectivity index (χ3n) is 5.20. The van der Waals surface area contributed by atoms with Crippen LogP contribution in [0.15, 0.2) is 17.1 Å². The van der Waals surface area contributed by atoms with E-state index < -0.39 is 0 Å². The van der Waals surface area contributed by atoms with Crippen LogP contribution in [0.3, 0.4) is 0 Å². The maximum Gasteiger partial charge on any atom is 0.222 e. The number of ether oxygens (including phenoxy) is 2.